The van der Waals surface area contributed by atoms with Crippen LogP contribution in [0.1, 0.15) is 70.8 Å². The smallest absolute Gasteiger partial charge is 0.224 e. The van der Waals surface area contributed by atoms with E-state index < -0.39 is 12.0 Å². The minimum atomic E-state index is -0.821. The second-order valence-electron chi connectivity index (χ2n) is 11.3. The number of rotatable bonds is 8. The van der Waals surface area contributed by atoms with Gasteiger partial charge >= 0.3 is 0 Å². The SMILES string of the molecule is CC(C)(C)CC(CC(=O)c1cc2cc(Cl)cc(Cl)c2[nH]1)C(=O)NC(C#N)CC1CC(C)(C)NC1=O. The molecule has 3 atom stereocenters. The monoisotopic (exact) mass is 518 g/mol. The minimum absolute atomic E-state index is 0.0314. The predicted molar refractivity (Wildman–Crippen MR) is 137 cm³/mol. The van der Waals surface area contributed by atoms with Crippen LogP contribution in [-0.2, 0) is 9.59 Å². The molecule has 3 unspecified atom stereocenters. The molecule has 0 saturated carbocycles. The van der Waals surface area contributed by atoms with Crippen molar-refractivity contribution in [1.82, 2.24) is 15.6 Å². The van der Waals surface area contributed by atoms with Crippen LogP contribution in [0.15, 0.2) is 18.2 Å². The number of carbonyl (C=O) groups is 3. The summed E-state index contributed by atoms with van der Waals surface area (Å²) in [6.07, 6.45) is 1.24. The van der Waals surface area contributed by atoms with Crippen LogP contribution in [0.2, 0.25) is 10.0 Å². The van der Waals surface area contributed by atoms with Crippen LogP contribution in [0.3, 0.4) is 0 Å². The second-order valence-corrected chi connectivity index (χ2v) is 12.2. The summed E-state index contributed by atoms with van der Waals surface area (Å²) in [4.78, 5) is 41.7. The molecule has 2 amide bonds. The number of hydrogen-bond donors (Lipinski definition) is 3. The van der Waals surface area contributed by atoms with E-state index in [4.69, 9.17) is 23.2 Å². The Labute approximate surface area is 215 Å². The number of benzene rings is 1. The van der Waals surface area contributed by atoms with E-state index in [0.717, 1.165) is 0 Å². The van der Waals surface area contributed by atoms with Crippen LogP contribution < -0.4 is 10.6 Å². The van der Waals surface area contributed by atoms with Gasteiger partial charge in [-0.05, 0) is 56.7 Å². The number of fused-ring (bicyclic) bond motifs is 1. The first-order valence-corrected chi connectivity index (χ1v) is 12.5. The Hall–Kier alpha value is -2.56. The van der Waals surface area contributed by atoms with Gasteiger partial charge in [-0.2, -0.15) is 5.26 Å². The standard InChI is InChI=1S/C26H32Cl2N4O3/c1-25(2,3)11-16(9-21(33)20-8-14-6-17(27)10-19(28)22(14)31-20)23(34)30-18(13-29)7-15-12-26(4,5)32-24(15)35/h6,8,10,15-16,18,31H,7,9,11-12H2,1-5H3,(H,30,34)(H,32,35). The summed E-state index contributed by atoms with van der Waals surface area (Å²) in [6.45, 7) is 9.85. The lowest BCUT2D eigenvalue weighted by atomic mass is 9.81. The molecular weight excluding hydrogens is 487 g/mol. The Bertz CT molecular complexity index is 1190. The van der Waals surface area contributed by atoms with E-state index in [-0.39, 0.29) is 47.3 Å². The van der Waals surface area contributed by atoms with Crippen molar-refractivity contribution in [2.75, 3.05) is 0 Å². The van der Waals surface area contributed by atoms with Crippen LogP contribution in [0.5, 0.6) is 0 Å². The molecule has 2 heterocycles. The number of Topliss-reactive ketones (excluding diaryl/α,β-unsaturated/α-hetero) is 1. The van der Waals surface area contributed by atoms with Gasteiger partial charge in [0.05, 0.1) is 22.3 Å². The molecule has 9 heteroatoms. The number of aromatic amines is 1. The first-order chi connectivity index (χ1) is 16.2. The number of nitriles is 1. The number of nitrogens with zero attached hydrogens (tertiary/aromatic N) is 1. The lowest BCUT2D eigenvalue weighted by Crippen LogP contribution is -2.41. The van der Waals surface area contributed by atoms with Crippen LogP contribution in [-0.4, -0.2) is 34.2 Å². The zero-order valence-electron chi connectivity index (χ0n) is 20.7. The zero-order valence-corrected chi connectivity index (χ0v) is 22.2. The van der Waals surface area contributed by atoms with Gasteiger partial charge in [-0.3, -0.25) is 14.4 Å². The number of halogens is 2. The number of carbonyl (C=O) groups excluding carboxylic acids is 3. The number of nitrogens with one attached hydrogen (secondary N) is 3. The Balaban J connectivity index is 1.75. The summed E-state index contributed by atoms with van der Waals surface area (Å²) < 4.78 is 0. The van der Waals surface area contributed by atoms with Crippen LogP contribution in [0.25, 0.3) is 10.9 Å². The number of ketones is 1. The lowest BCUT2D eigenvalue weighted by Gasteiger charge is -2.26. The fourth-order valence-corrected chi connectivity index (χ4v) is 5.31. The largest absolute Gasteiger partial charge is 0.351 e. The molecule has 2 aromatic rings. The molecule has 3 N–H and O–H groups in total. The van der Waals surface area contributed by atoms with E-state index in [0.29, 0.717) is 39.5 Å². The van der Waals surface area contributed by atoms with Crippen LogP contribution in [0, 0.1) is 28.6 Å². The third-order valence-electron chi connectivity index (χ3n) is 6.19. The van der Waals surface area contributed by atoms with Gasteiger partial charge in [-0.1, -0.05) is 44.0 Å². The topological polar surface area (TPSA) is 115 Å². The van der Waals surface area contributed by atoms with Gasteiger partial charge in [0.25, 0.3) is 0 Å². The first-order valence-electron chi connectivity index (χ1n) is 11.7. The summed E-state index contributed by atoms with van der Waals surface area (Å²) in [5.41, 5.74) is 0.396. The third kappa shape index (κ3) is 6.99. The van der Waals surface area contributed by atoms with Crippen molar-refractivity contribution in [3.8, 4) is 6.07 Å². The van der Waals surface area contributed by atoms with Crippen LogP contribution in [0.4, 0.5) is 0 Å². The molecule has 3 rings (SSSR count). The van der Waals surface area contributed by atoms with Gasteiger partial charge in [-0.15, -0.1) is 0 Å². The van der Waals surface area contributed by atoms with Crippen molar-refractivity contribution < 1.29 is 14.4 Å². The summed E-state index contributed by atoms with van der Waals surface area (Å²) in [5.74, 6) is -1.69. The van der Waals surface area contributed by atoms with Gasteiger partial charge in [0.15, 0.2) is 5.78 Å². The van der Waals surface area contributed by atoms with Gasteiger partial charge in [-0.25, -0.2) is 0 Å². The normalized spacial score (nSPS) is 19.1. The molecule has 0 bridgehead atoms. The highest BCUT2D eigenvalue weighted by Gasteiger charge is 2.39. The molecule has 7 nitrogen and oxygen atoms in total. The van der Waals surface area contributed by atoms with Crippen molar-refractivity contribution in [1.29, 1.82) is 5.26 Å². The summed E-state index contributed by atoms with van der Waals surface area (Å²) in [7, 11) is 0. The quantitative estimate of drug-likeness (QED) is 0.405. The van der Waals surface area contributed by atoms with E-state index in [1.165, 1.54) is 0 Å². The number of amides is 2. The first kappa shape index (κ1) is 27.0. The summed E-state index contributed by atoms with van der Waals surface area (Å²) in [5, 5.41) is 16.9. The number of H-pyrrole nitrogens is 1. The van der Waals surface area contributed by atoms with Gasteiger partial charge in [0.2, 0.25) is 11.8 Å². The maximum atomic E-state index is 13.2. The van der Waals surface area contributed by atoms with Gasteiger partial charge < -0.3 is 15.6 Å². The molecule has 1 fully saturated rings. The Kier molecular flexibility index (Phi) is 7.88. The molecular formula is C26H32Cl2N4O3. The highest BCUT2D eigenvalue weighted by Crippen LogP contribution is 2.32. The summed E-state index contributed by atoms with van der Waals surface area (Å²) >= 11 is 12.3. The van der Waals surface area contributed by atoms with E-state index >= 15 is 0 Å². The fraction of sp³-hybridized carbons (Fsp3) is 0.538. The molecule has 0 aliphatic carbocycles. The fourth-order valence-electron chi connectivity index (χ4n) is 4.75. The number of aromatic nitrogens is 1. The number of hydrogen-bond acceptors (Lipinski definition) is 4. The molecule has 1 aromatic heterocycles. The maximum Gasteiger partial charge on any atom is 0.224 e. The predicted octanol–water partition coefficient (Wildman–Crippen LogP) is 5.41. The van der Waals surface area contributed by atoms with E-state index in [9.17, 15) is 19.6 Å². The molecule has 1 aromatic carbocycles. The van der Waals surface area contributed by atoms with Crippen molar-refractivity contribution in [3.05, 3.63) is 33.9 Å². The molecule has 0 spiro atoms. The zero-order chi connectivity index (χ0) is 26.1. The highest BCUT2D eigenvalue weighted by atomic mass is 35.5. The van der Waals surface area contributed by atoms with E-state index in [1.54, 1.807) is 18.2 Å². The van der Waals surface area contributed by atoms with Gasteiger partial charge in [0, 0.05) is 34.2 Å². The second kappa shape index (κ2) is 10.2. The van der Waals surface area contributed by atoms with E-state index in [2.05, 4.69) is 21.7 Å². The summed E-state index contributed by atoms with van der Waals surface area (Å²) in [6, 6.07) is 6.28. The molecule has 188 valence electrons. The average molecular weight is 519 g/mol. The minimum Gasteiger partial charge on any atom is -0.351 e. The van der Waals surface area contributed by atoms with Gasteiger partial charge in [0.1, 0.15) is 6.04 Å². The van der Waals surface area contributed by atoms with Crippen LogP contribution >= 0.6 is 23.2 Å². The van der Waals surface area contributed by atoms with Crippen molar-refractivity contribution >= 4 is 51.7 Å². The molecule has 1 saturated heterocycles. The third-order valence-corrected chi connectivity index (χ3v) is 6.70. The molecule has 0 radical (unpaired) electrons. The Morgan fingerprint density at radius 3 is 2.51 bits per heavy atom. The Morgan fingerprint density at radius 1 is 1.26 bits per heavy atom. The maximum absolute atomic E-state index is 13.2. The molecule has 35 heavy (non-hydrogen) atoms. The molecule has 1 aliphatic heterocycles. The average Bonchev–Trinajstić information content (AvgIpc) is 3.25. The van der Waals surface area contributed by atoms with Crippen molar-refractivity contribution in [3.63, 3.8) is 0 Å². The van der Waals surface area contributed by atoms with Crippen molar-refractivity contribution in [2.45, 2.75) is 71.9 Å². The Morgan fingerprint density at radius 2 is 1.94 bits per heavy atom. The highest BCUT2D eigenvalue weighted by molar-refractivity contribution is 6.38. The molecule has 1 aliphatic rings. The van der Waals surface area contributed by atoms with Crippen molar-refractivity contribution in [2.24, 2.45) is 17.3 Å². The van der Waals surface area contributed by atoms with E-state index in [1.807, 2.05) is 34.6 Å². The lowest BCUT2D eigenvalue weighted by molar-refractivity contribution is -0.127.